The second-order valence-corrected chi connectivity index (χ2v) is 4.85. The average molecular weight is 279 g/mol. The molecule has 0 aromatic heterocycles. The molecule has 0 unspecified atom stereocenters. The van der Waals surface area contributed by atoms with Gasteiger partial charge in [-0.15, -0.1) is 0 Å². The van der Waals surface area contributed by atoms with E-state index in [0.717, 1.165) is 24.2 Å². The third-order valence-corrected chi connectivity index (χ3v) is 3.02. The molecule has 1 atom stereocenters. The lowest BCUT2D eigenvalue weighted by atomic mass is 10.1. The van der Waals surface area contributed by atoms with Crippen molar-refractivity contribution < 1.29 is 14.3 Å². The molecule has 112 valence electrons. The second-order valence-electron chi connectivity index (χ2n) is 4.85. The van der Waals surface area contributed by atoms with Crippen molar-refractivity contribution in [3.05, 3.63) is 29.3 Å². The zero-order chi connectivity index (χ0) is 15.0. The Hall–Kier alpha value is -1.55. The van der Waals surface area contributed by atoms with E-state index < -0.39 is 0 Å². The number of benzene rings is 1. The van der Waals surface area contributed by atoms with Crippen molar-refractivity contribution in [2.75, 3.05) is 13.7 Å². The highest BCUT2D eigenvalue weighted by molar-refractivity contribution is 5.94. The van der Waals surface area contributed by atoms with Crippen LogP contribution in [0.5, 0.6) is 5.75 Å². The molecule has 0 aliphatic carbocycles. The Kier molecular flexibility index (Phi) is 7.09. The number of amides is 1. The first-order chi connectivity index (χ1) is 9.62. The minimum absolute atomic E-state index is 0.0497. The summed E-state index contributed by atoms with van der Waals surface area (Å²) in [5.41, 5.74) is 1.54. The molecule has 0 saturated heterocycles. The molecule has 1 aromatic carbocycles. The number of methoxy groups -OCH3 is 1. The zero-order valence-electron chi connectivity index (χ0n) is 12.9. The van der Waals surface area contributed by atoms with Crippen LogP contribution < -0.4 is 10.1 Å². The van der Waals surface area contributed by atoms with Gasteiger partial charge in [-0.2, -0.15) is 0 Å². The number of hydrogen-bond donors (Lipinski definition) is 1. The monoisotopic (exact) mass is 279 g/mol. The summed E-state index contributed by atoms with van der Waals surface area (Å²) in [5.74, 6) is 0.721. The van der Waals surface area contributed by atoms with Gasteiger partial charge in [-0.1, -0.05) is 13.3 Å². The SMILES string of the molecule is CCC[C@H](C)NC(=O)c1ccc(OCC)c(COC)c1. The van der Waals surface area contributed by atoms with Crippen molar-refractivity contribution in [1.29, 1.82) is 0 Å². The highest BCUT2D eigenvalue weighted by Gasteiger charge is 2.12. The van der Waals surface area contributed by atoms with Crippen molar-refractivity contribution >= 4 is 5.91 Å². The first kappa shape index (κ1) is 16.5. The van der Waals surface area contributed by atoms with Gasteiger partial charge in [-0.05, 0) is 38.5 Å². The average Bonchev–Trinajstić information content (AvgIpc) is 2.41. The third kappa shape index (κ3) is 4.85. The Morgan fingerprint density at radius 1 is 1.35 bits per heavy atom. The Morgan fingerprint density at radius 3 is 2.70 bits per heavy atom. The third-order valence-electron chi connectivity index (χ3n) is 3.02. The molecule has 4 heteroatoms. The van der Waals surface area contributed by atoms with Gasteiger partial charge in [-0.3, -0.25) is 4.79 Å². The largest absolute Gasteiger partial charge is 0.494 e. The fourth-order valence-electron chi connectivity index (χ4n) is 2.10. The van der Waals surface area contributed by atoms with E-state index in [0.29, 0.717) is 18.8 Å². The van der Waals surface area contributed by atoms with Crippen LogP contribution >= 0.6 is 0 Å². The molecule has 1 amide bonds. The van der Waals surface area contributed by atoms with E-state index in [1.807, 2.05) is 26.0 Å². The van der Waals surface area contributed by atoms with E-state index >= 15 is 0 Å². The molecule has 1 aromatic rings. The van der Waals surface area contributed by atoms with E-state index in [1.54, 1.807) is 13.2 Å². The van der Waals surface area contributed by atoms with Gasteiger partial charge in [0.15, 0.2) is 0 Å². The maximum atomic E-state index is 12.2. The lowest BCUT2D eigenvalue weighted by molar-refractivity contribution is 0.0938. The van der Waals surface area contributed by atoms with E-state index in [4.69, 9.17) is 9.47 Å². The molecular weight excluding hydrogens is 254 g/mol. The molecule has 0 spiro atoms. The maximum absolute atomic E-state index is 12.2. The molecular formula is C16H25NO3. The lowest BCUT2D eigenvalue weighted by Gasteiger charge is -2.15. The number of ether oxygens (including phenoxy) is 2. The zero-order valence-corrected chi connectivity index (χ0v) is 12.9. The van der Waals surface area contributed by atoms with Crippen LogP contribution in [-0.4, -0.2) is 25.7 Å². The van der Waals surface area contributed by atoms with E-state index in [1.165, 1.54) is 0 Å². The van der Waals surface area contributed by atoms with Crippen LogP contribution in [0.4, 0.5) is 0 Å². The van der Waals surface area contributed by atoms with Crippen molar-refractivity contribution in [2.24, 2.45) is 0 Å². The predicted octanol–water partition coefficient (Wildman–Crippen LogP) is 3.15. The number of nitrogens with one attached hydrogen (secondary N) is 1. The summed E-state index contributed by atoms with van der Waals surface area (Å²) in [6.07, 6.45) is 2.04. The van der Waals surface area contributed by atoms with Crippen LogP contribution in [0.25, 0.3) is 0 Å². The lowest BCUT2D eigenvalue weighted by Crippen LogP contribution is -2.32. The Morgan fingerprint density at radius 2 is 2.10 bits per heavy atom. The van der Waals surface area contributed by atoms with E-state index in [-0.39, 0.29) is 11.9 Å². The summed E-state index contributed by atoms with van der Waals surface area (Å²) in [4.78, 5) is 12.2. The topological polar surface area (TPSA) is 47.6 Å². The van der Waals surface area contributed by atoms with Gasteiger partial charge in [0.2, 0.25) is 0 Å². The predicted molar refractivity (Wildman–Crippen MR) is 80.2 cm³/mol. The minimum Gasteiger partial charge on any atom is -0.494 e. The van der Waals surface area contributed by atoms with Crippen molar-refractivity contribution in [3.8, 4) is 5.75 Å². The van der Waals surface area contributed by atoms with Gasteiger partial charge in [0.05, 0.1) is 13.2 Å². The van der Waals surface area contributed by atoms with Crippen LogP contribution in [0.1, 0.15) is 49.5 Å². The van der Waals surface area contributed by atoms with Crippen LogP contribution in [0, 0.1) is 0 Å². The minimum atomic E-state index is -0.0497. The Labute approximate surface area is 121 Å². The number of hydrogen-bond acceptors (Lipinski definition) is 3. The maximum Gasteiger partial charge on any atom is 0.251 e. The number of carbonyl (C=O) groups is 1. The summed E-state index contributed by atoms with van der Waals surface area (Å²) >= 11 is 0. The normalized spacial score (nSPS) is 12.0. The van der Waals surface area contributed by atoms with E-state index in [9.17, 15) is 4.79 Å². The molecule has 4 nitrogen and oxygen atoms in total. The van der Waals surface area contributed by atoms with E-state index in [2.05, 4.69) is 12.2 Å². The fraction of sp³-hybridized carbons (Fsp3) is 0.562. The number of carbonyl (C=O) groups excluding carboxylic acids is 1. The van der Waals surface area contributed by atoms with Crippen LogP contribution in [-0.2, 0) is 11.3 Å². The van der Waals surface area contributed by atoms with Gasteiger partial charge >= 0.3 is 0 Å². The highest BCUT2D eigenvalue weighted by Crippen LogP contribution is 2.21. The summed E-state index contributed by atoms with van der Waals surface area (Å²) in [5, 5.41) is 3.00. The highest BCUT2D eigenvalue weighted by atomic mass is 16.5. The van der Waals surface area contributed by atoms with Crippen LogP contribution in [0.15, 0.2) is 18.2 Å². The fourth-order valence-corrected chi connectivity index (χ4v) is 2.10. The molecule has 0 aliphatic heterocycles. The Balaban J connectivity index is 2.84. The molecule has 0 saturated carbocycles. The molecule has 1 rings (SSSR count). The molecule has 0 aliphatic rings. The first-order valence-electron chi connectivity index (χ1n) is 7.17. The van der Waals surface area contributed by atoms with Crippen molar-refractivity contribution in [2.45, 2.75) is 46.3 Å². The summed E-state index contributed by atoms with van der Waals surface area (Å²) in [6, 6.07) is 5.64. The molecule has 20 heavy (non-hydrogen) atoms. The number of rotatable bonds is 8. The van der Waals surface area contributed by atoms with Gasteiger partial charge in [0.25, 0.3) is 5.91 Å². The smallest absolute Gasteiger partial charge is 0.251 e. The summed E-state index contributed by atoms with van der Waals surface area (Å²) in [7, 11) is 1.63. The molecule has 0 fully saturated rings. The van der Waals surface area contributed by atoms with Crippen LogP contribution in [0.3, 0.4) is 0 Å². The van der Waals surface area contributed by atoms with Gasteiger partial charge in [0, 0.05) is 24.3 Å². The first-order valence-corrected chi connectivity index (χ1v) is 7.17. The van der Waals surface area contributed by atoms with Gasteiger partial charge in [-0.25, -0.2) is 0 Å². The van der Waals surface area contributed by atoms with Crippen molar-refractivity contribution in [3.63, 3.8) is 0 Å². The molecule has 0 bridgehead atoms. The van der Waals surface area contributed by atoms with Crippen molar-refractivity contribution in [1.82, 2.24) is 5.32 Å². The molecule has 0 radical (unpaired) electrons. The molecule has 0 heterocycles. The van der Waals surface area contributed by atoms with Gasteiger partial charge in [0.1, 0.15) is 5.75 Å². The van der Waals surface area contributed by atoms with Crippen LogP contribution in [0.2, 0.25) is 0 Å². The Bertz CT molecular complexity index is 432. The summed E-state index contributed by atoms with van der Waals surface area (Å²) in [6.45, 7) is 7.09. The summed E-state index contributed by atoms with van der Waals surface area (Å²) < 4.78 is 10.7. The quantitative estimate of drug-likeness (QED) is 0.795. The molecule has 1 N–H and O–H groups in total. The standard InChI is InChI=1S/C16H25NO3/c1-5-7-12(3)17-16(18)13-8-9-15(20-6-2)14(10-13)11-19-4/h8-10,12H,5-7,11H2,1-4H3,(H,17,18)/t12-/m0/s1. The van der Waals surface area contributed by atoms with Gasteiger partial charge < -0.3 is 14.8 Å². The second kappa shape index (κ2) is 8.59.